The zero-order valence-electron chi connectivity index (χ0n) is 14.9. The lowest BCUT2D eigenvalue weighted by Gasteiger charge is -2.32. The van der Waals surface area contributed by atoms with Gasteiger partial charge in [-0.2, -0.15) is 0 Å². The molecule has 1 atom stereocenters. The molecular weight excluding hydrogens is 364 g/mol. The van der Waals surface area contributed by atoms with Gasteiger partial charge in [0.25, 0.3) is 0 Å². The topological polar surface area (TPSA) is 32.3 Å². The molecular formula is C21H25ClN2OS. The molecule has 1 saturated heterocycles. The van der Waals surface area contributed by atoms with Gasteiger partial charge >= 0.3 is 0 Å². The Morgan fingerprint density at radius 3 is 2.85 bits per heavy atom. The number of halogens is 1. The molecule has 1 amide bonds. The third kappa shape index (κ3) is 6.04. The minimum Gasteiger partial charge on any atom is -0.355 e. The van der Waals surface area contributed by atoms with E-state index in [0.717, 1.165) is 43.3 Å². The molecule has 0 aromatic heterocycles. The molecule has 1 fully saturated rings. The first-order valence-electron chi connectivity index (χ1n) is 9.13. The number of rotatable bonds is 7. The number of carbonyl (C=O) groups is 1. The predicted octanol–water partition coefficient (Wildman–Crippen LogP) is 4.46. The number of amides is 1. The van der Waals surface area contributed by atoms with Crippen LogP contribution in [0.5, 0.6) is 0 Å². The Balaban J connectivity index is 1.41. The minimum atomic E-state index is 0.0876. The van der Waals surface area contributed by atoms with Gasteiger partial charge in [-0.3, -0.25) is 9.69 Å². The van der Waals surface area contributed by atoms with E-state index in [1.165, 1.54) is 10.5 Å². The van der Waals surface area contributed by atoms with Crippen LogP contribution in [0.2, 0.25) is 5.02 Å². The summed E-state index contributed by atoms with van der Waals surface area (Å²) in [5.41, 5.74) is 1.21. The van der Waals surface area contributed by atoms with Crippen molar-refractivity contribution >= 4 is 29.3 Å². The second-order valence-electron chi connectivity index (χ2n) is 6.66. The smallest absolute Gasteiger partial charge is 0.224 e. The molecule has 0 radical (unpaired) electrons. The molecule has 2 aromatic carbocycles. The van der Waals surface area contributed by atoms with Crippen molar-refractivity contribution in [3.63, 3.8) is 0 Å². The zero-order chi connectivity index (χ0) is 18.2. The molecule has 1 N–H and O–H groups in total. The van der Waals surface area contributed by atoms with Crippen molar-refractivity contribution in [1.82, 2.24) is 10.2 Å². The Bertz CT molecular complexity index is 710. The Morgan fingerprint density at radius 2 is 2.04 bits per heavy atom. The fourth-order valence-corrected chi connectivity index (χ4v) is 4.31. The van der Waals surface area contributed by atoms with E-state index in [0.29, 0.717) is 6.54 Å². The number of nitrogens with one attached hydrogen (secondary N) is 1. The van der Waals surface area contributed by atoms with Crippen LogP contribution in [0.4, 0.5) is 0 Å². The first kappa shape index (κ1) is 19.3. The lowest BCUT2D eigenvalue weighted by molar-refractivity contribution is -0.126. The van der Waals surface area contributed by atoms with E-state index in [-0.39, 0.29) is 11.8 Å². The highest BCUT2D eigenvalue weighted by Gasteiger charge is 2.25. The maximum Gasteiger partial charge on any atom is 0.224 e. The molecule has 5 heteroatoms. The van der Waals surface area contributed by atoms with E-state index in [2.05, 4.69) is 28.4 Å². The van der Waals surface area contributed by atoms with Crippen molar-refractivity contribution in [3.8, 4) is 0 Å². The number of likely N-dealkylation sites (tertiary alicyclic amines) is 1. The van der Waals surface area contributed by atoms with Crippen LogP contribution in [0.3, 0.4) is 0 Å². The number of nitrogens with zero attached hydrogens (tertiary/aromatic N) is 1. The molecule has 0 spiro atoms. The summed E-state index contributed by atoms with van der Waals surface area (Å²) in [4.78, 5) is 16.1. The Labute approximate surface area is 165 Å². The molecule has 0 aliphatic carbocycles. The summed E-state index contributed by atoms with van der Waals surface area (Å²) < 4.78 is 0. The first-order chi connectivity index (χ1) is 12.7. The average Bonchev–Trinajstić information content (AvgIpc) is 2.66. The quantitative estimate of drug-likeness (QED) is 0.561. The van der Waals surface area contributed by atoms with Crippen molar-refractivity contribution in [2.75, 3.05) is 25.4 Å². The fraction of sp³-hybridized carbons (Fsp3) is 0.381. The Kier molecular flexibility index (Phi) is 7.42. The average molecular weight is 389 g/mol. The SMILES string of the molecule is O=C(NCCSc1ccccc1)C1CCCN(Cc2cccc(Cl)c2)C1. The van der Waals surface area contributed by atoms with Crippen LogP contribution in [0.15, 0.2) is 59.5 Å². The summed E-state index contributed by atoms with van der Waals surface area (Å²) in [7, 11) is 0. The number of piperidine rings is 1. The van der Waals surface area contributed by atoms with Gasteiger partial charge in [0.1, 0.15) is 0 Å². The minimum absolute atomic E-state index is 0.0876. The largest absolute Gasteiger partial charge is 0.355 e. The zero-order valence-corrected chi connectivity index (χ0v) is 16.4. The Morgan fingerprint density at radius 1 is 1.19 bits per heavy atom. The summed E-state index contributed by atoms with van der Waals surface area (Å²) >= 11 is 7.85. The normalized spacial score (nSPS) is 17.8. The Hall–Kier alpha value is -1.49. The highest BCUT2D eigenvalue weighted by Crippen LogP contribution is 2.20. The van der Waals surface area contributed by atoms with Crippen LogP contribution in [0, 0.1) is 5.92 Å². The van der Waals surface area contributed by atoms with Crippen molar-refractivity contribution in [2.24, 2.45) is 5.92 Å². The van der Waals surface area contributed by atoms with E-state index in [9.17, 15) is 4.79 Å². The summed E-state index contributed by atoms with van der Waals surface area (Å²) in [6.45, 7) is 3.43. The molecule has 0 bridgehead atoms. The number of benzene rings is 2. The van der Waals surface area contributed by atoms with Crippen LogP contribution < -0.4 is 5.32 Å². The van der Waals surface area contributed by atoms with Gasteiger partial charge in [0.2, 0.25) is 5.91 Å². The van der Waals surface area contributed by atoms with E-state index < -0.39 is 0 Å². The van der Waals surface area contributed by atoms with Crippen LogP contribution in [0.1, 0.15) is 18.4 Å². The second-order valence-corrected chi connectivity index (χ2v) is 8.26. The van der Waals surface area contributed by atoms with Gasteiger partial charge in [0.05, 0.1) is 5.92 Å². The summed E-state index contributed by atoms with van der Waals surface area (Å²) in [6, 6.07) is 18.3. The lowest BCUT2D eigenvalue weighted by Crippen LogP contribution is -2.43. The van der Waals surface area contributed by atoms with Gasteiger partial charge in [0, 0.05) is 35.3 Å². The summed E-state index contributed by atoms with van der Waals surface area (Å²) in [5, 5.41) is 3.88. The van der Waals surface area contributed by atoms with Crippen LogP contribution in [0.25, 0.3) is 0 Å². The molecule has 3 nitrogen and oxygen atoms in total. The molecule has 2 aromatic rings. The van der Waals surface area contributed by atoms with E-state index in [4.69, 9.17) is 11.6 Å². The standard InChI is InChI=1S/C21H25ClN2OS/c22-19-8-4-6-17(14-19)15-24-12-5-7-18(16-24)21(25)23-11-13-26-20-9-2-1-3-10-20/h1-4,6,8-10,14,18H,5,7,11-13,15-16H2,(H,23,25). The van der Waals surface area contributed by atoms with Crippen LogP contribution in [-0.2, 0) is 11.3 Å². The number of hydrogen-bond donors (Lipinski definition) is 1. The molecule has 1 aliphatic heterocycles. The highest BCUT2D eigenvalue weighted by molar-refractivity contribution is 7.99. The van der Waals surface area contributed by atoms with Gasteiger partial charge < -0.3 is 5.32 Å². The lowest BCUT2D eigenvalue weighted by atomic mass is 9.96. The summed E-state index contributed by atoms with van der Waals surface area (Å²) in [5.74, 6) is 1.17. The van der Waals surface area contributed by atoms with E-state index in [1.54, 1.807) is 11.8 Å². The first-order valence-corrected chi connectivity index (χ1v) is 10.5. The number of carbonyl (C=O) groups excluding carboxylic acids is 1. The maximum atomic E-state index is 12.5. The van der Waals surface area contributed by atoms with Gasteiger partial charge in [-0.1, -0.05) is 41.9 Å². The monoisotopic (exact) mass is 388 g/mol. The van der Waals surface area contributed by atoms with Gasteiger partial charge in [-0.15, -0.1) is 11.8 Å². The van der Waals surface area contributed by atoms with Crippen LogP contribution >= 0.6 is 23.4 Å². The van der Waals surface area contributed by atoms with Crippen LogP contribution in [-0.4, -0.2) is 36.2 Å². The van der Waals surface area contributed by atoms with Crippen molar-refractivity contribution in [3.05, 3.63) is 65.2 Å². The predicted molar refractivity (Wildman–Crippen MR) is 110 cm³/mol. The van der Waals surface area contributed by atoms with Gasteiger partial charge in [0.15, 0.2) is 0 Å². The molecule has 3 rings (SSSR count). The second kappa shape index (κ2) is 10.0. The molecule has 1 heterocycles. The molecule has 26 heavy (non-hydrogen) atoms. The van der Waals surface area contributed by atoms with Crippen molar-refractivity contribution < 1.29 is 4.79 Å². The molecule has 0 saturated carbocycles. The fourth-order valence-electron chi connectivity index (χ4n) is 3.31. The third-order valence-electron chi connectivity index (χ3n) is 4.58. The van der Waals surface area contributed by atoms with Crippen molar-refractivity contribution in [2.45, 2.75) is 24.3 Å². The van der Waals surface area contributed by atoms with Crippen molar-refractivity contribution in [1.29, 1.82) is 0 Å². The molecule has 1 unspecified atom stereocenters. The maximum absolute atomic E-state index is 12.5. The number of thioether (sulfide) groups is 1. The number of hydrogen-bond acceptors (Lipinski definition) is 3. The molecule has 1 aliphatic rings. The van der Waals surface area contributed by atoms with Gasteiger partial charge in [-0.25, -0.2) is 0 Å². The molecule has 138 valence electrons. The van der Waals surface area contributed by atoms with E-state index in [1.807, 2.05) is 36.4 Å². The summed E-state index contributed by atoms with van der Waals surface area (Å²) in [6.07, 6.45) is 2.04. The third-order valence-corrected chi connectivity index (χ3v) is 5.83. The van der Waals surface area contributed by atoms with Gasteiger partial charge in [-0.05, 0) is 49.2 Å². The highest BCUT2D eigenvalue weighted by atomic mass is 35.5. The van der Waals surface area contributed by atoms with E-state index >= 15 is 0 Å².